The molecule has 1 aromatic heterocycles. The van der Waals surface area contributed by atoms with Crippen molar-refractivity contribution in [2.75, 3.05) is 6.61 Å². The Kier molecular flexibility index (Phi) is 4.66. The van der Waals surface area contributed by atoms with Gasteiger partial charge in [0.25, 0.3) is 0 Å². The number of aromatic hydroxyl groups is 2. The quantitative estimate of drug-likeness (QED) is 0.301. The van der Waals surface area contributed by atoms with E-state index in [1.165, 1.54) is 33.7 Å². The predicted octanol–water partition coefficient (Wildman–Crippen LogP) is 6.30. The summed E-state index contributed by atoms with van der Waals surface area (Å²) in [5.74, 6) is 0.583. The van der Waals surface area contributed by atoms with Crippen molar-refractivity contribution in [3.63, 3.8) is 0 Å². The Balaban J connectivity index is 1.62. The molecule has 6 heteroatoms. The van der Waals surface area contributed by atoms with Crippen LogP contribution in [-0.2, 0) is 0 Å². The lowest BCUT2D eigenvalue weighted by molar-refractivity contribution is 0.292. The summed E-state index contributed by atoms with van der Waals surface area (Å²) in [5, 5.41) is 27.1. The van der Waals surface area contributed by atoms with E-state index in [2.05, 4.69) is 58.5 Å². The van der Waals surface area contributed by atoms with Crippen molar-refractivity contribution < 1.29 is 14.9 Å². The number of nitrogens with zero attached hydrogens (tertiary/aromatic N) is 3. The fourth-order valence-electron chi connectivity index (χ4n) is 4.49. The van der Waals surface area contributed by atoms with Gasteiger partial charge in [0.1, 0.15) is 11.5 Å². The van der Waals surface area contributed by atoms with E-state index in [4.69, 9.17) is 9.72 Å². The van der Waals surface area contributed by atoms with Crippen LogP contribution < -0.4 is 4.74 Å². The minimum atomic E-state index is -0.117. The van der Waals surface area contributed by atoms with Crippen LogP contribution in [0, 0.1) is 0 Å². The van der Waals surface area contributed by atoms with Crippen LogP contribution in [0.4, 0.5) is 0 Å². The first kappa shape index (κ1) is 20.2. The smallest absolute Gasteiger partial charge is 0.320 e. The van der Waals surface area contributed by atoms with Crippen molar-refractivity contribution in [1.29, 1.82) is 0 Å². The molecule has 5 aromatic carbocycles. The highest BCUT2D eigenvalue weighted by atomic mass is 16.5. The summed E-state index contributed by atoms with van der Waals surface area (Å²) >= 11 is 0. The lowest BCUT2D eigenvalue weighted by Crippen LogP contribution is -2.04. The summed E-state index contributed by atoms with van der Waals surface area (Å²) in [7, 11) is 0. The van der Waals surface area contributed by atoms with E-state index in [9.17, 15) is 10.2 Å². The number of phenols is 2. The molecule has 6 rings (SSSR count). The lowest BCUT2D eigenvalue weighted by atomic mass is 9.92. The van der Waals surface area contributed by atoms with Crippen LogP contribution in [0.3, 0.4) is 0 Å². The van der Waals surface area contributed by atoms with Gasteiger partial charge in [0.05, 0.1) is 12.2 Å². The van der Waals surface area contributed by atoms with E-state index in [1.54, 1.807) is 6.07 Å². The molecule has 0 atom stereocenters. The topological polar surface area (TPSA) is 88.4 Å². The number of phenolic OH excluding ortho intramolecular Hbond substituents is 2. The second kappa shape index (κ2) is 7.85. The molecule has 0 saturated heterocycles. The van der Waals surface area contributed by atoms with Crippen LogP contribution in [0.5, 0.6) is 17.5 Å². The predicted molar refractivity (Wildman–Crippen MR) is 134 cm³/mol. The summed E-state index contributed by atoms with van der Waals surface area (Å²) in [6.45, 7) is 2.47. The van der Waals surface area contributed by atoms with Gasteiger partial charge in [0, 0.05) is 11.6 Å². The Morgan fingerprint density at radius 2 is 1.35 bits per heavy atom. The number of hydrogen-bond donors (Lipinski definition) is 2. The monoisotopic (exact) mass is 447 g/mol. The van der Waals surface area contributed by atoms with Crippen LogP contribution in [0.2, 0.25) is 0 Å². The van der Waals surface area contributed by atoms with Crippen molar-refractivity contribution in [3.05, 3.63) is 72.8 Å². The SMILES string of the molecule is CCCOc1nc(-c2ccc(O)cc2O)nc(-c2ccc3ccc4cccc5ccc2c3c45)n1. The summed E-state index contributed by atoms with van der Waals surface area (Å²) in [6, 6.07) is 23.5. The van der Waals surface area contributed by atoms with Gasteiger partial charge in [0.2, 0.25) is 0 Å². The maximum Gasteiger partial charge on any atom is 0.320 e. The molecule has 0 bridgehead atoms. The molecule has 0 unspecified atom stereocenters. The number of rotatable bonds is 5. The Morgan fingerprint density at radius 3 is 2.09 bits per heavy atom. The van der Waals surface area contributed by atoms with Crippen molar-refractivity contribution in [3.8, 4) is 40.3 Å². The molecule has 166 valence electrons. The number of benzene rings is 5. The van der Waals surface area contributed by atoms with E-state index in [-0.39, 0.29) is 23.3 Å². The Morgan fingerprint density at radius 1 is 0.706 bits per heavy atom. The molecule has 34 heavy (non-hydrogen) atoms. The highest BCUT2D eigenvalue weighted by Gasteiger charge is 2.18. The zero-order valence-electron chi connectivity index (χ0n) is 18.5. The maximum absolute atomic E-state index is 10.4. The van der Waals surface area contributed by atoms with Gasteiger partial charge in [-0.1, -0.05) is 55.5 Å². The summed E-state index contributed by atoms with van der Waals surface area (Å²) in [6.07, 6.45) is 0.805. The average molecular weight is 447 g/mol. The van der Waals surface area contributed by atoms with Crippen LogP contribution in [0.1, 0.15) is 13.3 Å². The largest absolute Gasteiger partial charge is 0.508 e. The first-order valence-electron chi connectivity index (χ1n) is 11.2. The van der Waals surface area contributed by atoms with Gasteiger partial charge in [-0.15, -0.1) is 0 Å². The fourth-order valence-corrected chi connectivity index (χ4v) is 4.49. The molecule has 0 amide bonds. The van der Waals surface area contributed by atoms with Crippen molar-refractivity contribution in [1.82, 2.24) is 15.0 Å². The van der Waals surface area contributed by atoms with Crippen LogP contribution in [-0.4, -0.2) is 31.8 Å². The zero-order chi connectivity index (χ0) is 23.2. The highest BCUT2D eigenvalue weighted by Crippen LogP contribution is 2.39. The lowest BCUT2D eigenvalue weighted by Gasteiger charge is -2.14. The first-order valence-corrected chi connectivity index (χ1v) is 11.2. The van der Waals surface area contributed by atoms with Crippen LogP contribution in [0.15, 0.2) is 72.8 Å². The van der Waals surface area contributed by atoms with Gasteiger partial charge < -0.3 is 14.9 Å². The highest BCUT2D eigenvalue weighted by molar-refractivity contribution is 6.25. The average Bonchev–Trinajstić information content (AvgIpc) is 2.85. The molecule has 0 aliphatic carbocycles. The third-order valence-corrected chi connectivity index (χ3v) is 6.04. The standard InChI is InChI=1S/C28H21N3O3/c1-2-14-34-28-30-26(29-27(31-28)22-13-10-19(32)15-23(22)33)21-12-9-18-7-6-16-4-3-5-17-8-11-20(21)25(18)24(16)17/h3-13,15,32-33H,2,14H2,1H3. The van der Waals surface area contributed by atoms with Crippen molar-refractivity contribution >= 4 is 32.3 Å². The summed E-state index contributed by atoms with van der Waals surface area (Å²) < 4.78 is 5.77. The van der Waals surface area contributed by atoms with Gasteiger partial charge in [-0.05, 0) is 56.9 Å². The molecular formula is C28H21N3O3. The van der Waals surface area contributed by atoms with E-state index >= 15 is 0 Å². The van der Waals surface area contributed by atoms with Gasteiger partial charge in [-0.2, -0.15) is 9.97 Å². The molecule has 6 aromatic rings. The normalized spacial score (nSPS) is 11.6. The second-order valence-corrected chi connectivity index (χ2v) is 8.28. The fraction of sp³-hybridized carbons (Fsp3) is 0.107. The van der Waals surface area contributed by atoms with Gasteiger partial charge in [0.15, 0.2) is 11.6 Å². The third-order valence-electron chi connectivity index (χ3n) is 6.04. The van der Waals surface area contributed by atoms with E-state index in [0.29, 0.717) is 18.0 Å². The molecule has 6 nitrogen and oxygen atoms in total. The molecule has 2 N–H and O–H groups in total. The molecule has 0 aliphatic heterocycles. The van der Waals surface area contributed by atoms with E-state index in [1.807, 2.05) is 13.0 Å². The van der Waals surface area contributed by atoms with Crippen LogP contribution >= 0.6 is 0 Å². The Bertz CT molecular complexity index is 1660. The molecule has 0 aliphatic rings. The van der Waals surface area contributed by atoms with Crippen molar-refractivity contribution in [2.24, 2.45) is 0 Å². The van der Waals surface area contributed by atoms with Gasteiger partial charge >= 0.3 is 6.01 Å². The third kappa shape index (κ3) is 3.23. The molecule has 0 radical (unpaired) electrons. The zero-order valence-corrected chi connectivity index (χ0v) is 18.5. The van der Waals surface area contributed by atoms with Gasteiger partial charge in [-0.3, -0.25) is 0 Å². The summed E-state index contributed by atoms with van der Waals surface area (Å²) in [4.78, 5) is 13.8. The van der Waals surface area contributed by atoms with E-state index < -0.39 is 0 Å². The number of hydrogen-bond acceptors (Lipinski definition) is 6. The second-order valence-electron chi connectivity index (χ2n) is 8.28. The number of aromatic nitrogens is 3. The van der Waals surface area contributed by atoms with Crippen molar-refractivity contribution in [2.45, 2.75) is 13.3 Å². The number of ether oxygens (including phenoxy) is 1. The minimum Gasteiger partial charge on any atom is -0.508 e. The Hall–Kier alpha value is -4.45. The molecule has 0 spiro atoms. The van der Waals surface area contributed by atoms with Crippen LogP contribution in [0.25, 0.3) is 55.1 Å². The minimum absolute atomic E-state index is 0.0373. The van der Waals surface area contributed by atoms with Gasteiger partial charge in [-0.25, -0.2) is 4.98 Å². The molecule has 1 heterocycles. The molecule has 0 saturated carbocycles. The molecular weight excluding hydrogens is 426 g/mol. The Labute approximate surface area is 195 Å². The van der Waals surface area contributed by atoms with E-state index in [0.717, 1.165) is 22.8 Å². The first-order chi connectivity index (χ1) is 16.6. The maximum atomic E-state index is 10.4. The summed E-state index contributed by atoms with van der Waals surface area (Å²) in [5.41, 5.74) is 1.24. The molecule has 0 fully saturated rings.